The van der Waals surface area contributed by atoms with Crippen molar-refractivity contribution in [1.82, 2.24) is 5.32 Å². The SMILES string of the molecule is O=C(N[C@@H]1CCCOC1)[C@@H]1C[C@@H]1c1cccc(C(F)(F)F)c1. The molecule has 3 nitrogen and oxygen atoms in total. The summed E-state index contributed by atoms with van der Waals surface area (Å²) in [5.41, 5.74) is -0.0633. The Labute approximate surface area is 126 Å². The number of nitrogens with one attached hydrogen (secondary N) is 1. The molecule has 1 amide bonds. The van der Waals surface area contributed by atoms with Crippen LogP contribution in [0.5, 0.6) is 0 Å². The predicted octanol–water partition coefficient (Wildman–Crippen LogP) is 3.10. The molecule has 3 atom stereocenters. The molecule has 1 aliphatic carbocycles. The van der Waals surface area contributed by atoms with Crippen LogP contribution in [0.4, 0.5) is 13.2 Å². The van der Waals surface area contributed by atoms with E-state index in [-0.39, 0.29) is 23.8 Å². The minimum absolute atomic E-state index is 0.0315. The summed E-state index contributed by atoms with van der Waals surface area (Å²) in [6.07, 6.45) is -1.91. The smallest absolute Gasteiger partial charge is 0.379 e. The molecule has 1 heterocycles. The Bertz CT molecular complexity index is 553. The molecule has 1 aliphatic heterocycles. The van der Waals surface area contributed by atoms with E-state index < -0.39 is 11.7 Å². The third kappa shape index (κ3) is 3.43. The Morgan fingerprint density at radius 1 is 1.32 bits per heavy atom. The number of rotatable bonds is 3. The minimum Gasteiger partial charge on any atom is -0.379 e. The van der Waals surface area contributed by atoms with Gasteiger partial charge in [-0.1, -0.05) is 18.2 Å². The summed E-state index contributed by atoms with van der Waals surface area (Å²) in [5, 5.41) is 2.94. The van der Waals surface area contributed by atoms with Crippen LogP contribution in [-0.2, 0) is 15.7 Å². The lowest BCUT2D eigenvalue weighted by Crippen LogP contribution is -2.41. The molecule has 0 bridgehead atoms. The second kappa shape index (κ2) is 5.91. The van der Waals surface area contributed by atoms with Gasteiger partial charge in [0.05, 0.1) is 18.2 Å². The van der Waals surface area contributed by atoms with E-state index >= 15 is 0 Å². The fourth-order valence-electron chi connectivity index (χ4n) is 2.96. The maximum Gasteiger partial charge on any atom is 0.416 e. The first kappa shape index (κ1) is 15.3. The first-order chi connectivity index (χ1) is 10.4. The van der Waals surface area contributed by atoms with Crippen LogP contribution in [0.3, 0.4) is 0 Å². The van der Waals surface area contributed by atoms with Crippen molar-refractivity contribution < 1.29 is 22.7 Å². The van der Waals surface area contributed by atoms with Crippen molar-refractivity contribution in [2.24, 2.45) is 5.92 Å². The first-order valence-electron chi connectivity index (χ1n) is 7.50. The van der Waals surface area contributed by atoms with Crippen molar-refractivity contribution in [2.75, 3.05) is 13.2 Å². The zero-order valence-corrected chi connectivity index (χ0v) is 12.0. The summed E-state index contributed by atoms with van der Waals surface area (Å²) in [6.45, 7) is 1.25. The number of amides is 1. The molecule has 0 unspecified atom stereocenters. The van der Waals surface area contributed by atoms with Crippen LogP contribution < -0.4 is 5.32 Å². The molecule has 1 saturated carbocycles. The Kier molecular flexibility index (Phi) is 4.12. The first-order valence-corrected chi connectivity index (χ1v) is 7.50. The van der Waals surface area contributed by atoms with Crippen molar-refractivity contribution in [1.29, 1.82) is 0 Å². The van der Waals surface area contributed by atoms with Crippen LogP contribution in [0.25, 0.3) is 0 Å². The van der Waals surface area contributed by atoms with E-state index in [1.165, 1.54) is 6.07 Å². The van der Waals surface area contributed by atoms with E-state index in [9.17, 15) is 18.0 Å². The van der Waals surface area contributed by atoms with E-state index in [1.54, 1.807) is 6.07 Å². The van der Waals surface area contributed by atoms with Gasteiger partial charge in [-0.05, 0) is 36.8 Å². The average Bonchev–Trinajstić information content (AvgIpc) is 3.28. The van der Waals surface area contributed by atoms with Gasteiger partial charge in [-0.3, -0.25) is 4.79 Å². The zero-order valence-electron chi connectivity index (χ0n) is 12.0. The van der Waals surface area contributed by atoms with Crippen LogP contribution in [0.1, 0.15) is 36.3 Å². The Morgan fingerprint density at radius 2 is 2.14 bits per heavy atom. The summed E-state index contributed by atoms with van der Waals surface area (Å²) in [5.74, 6) is -0.393. The molecule has 1 saturated heterocycles. The molecule has 2 fully saturated rings. The maximum absolute atomic E-state index is 12.7. The normalized spacial score (nSPS) is 28.2. The quantitative estimate of drug-likeness (QED) is 0.931. The third-order valence-corrected chi connectivity index (χ3v) is 4.28. The Balaban J connectivity index is 1.60. The molecule has 0 aromatic heterocycles. The number of alkyl halides is 3. The molecular weight excluding hydrogens is 295 g/mol. The largest absolute Gasteiger partial charge is 0.416 e. The van der Waals surface area contributed by atoms with E-state index in [2.05, 4.69) is 5.32 Å². The van der Waals surface area contributed by atoms with E-state index in [0.717, 1.165) is 31.6 Å². The molecule has 1 aromatic carbocycles. The number of carbonyl (C=O) groups is 1. The molecule has 22 heavy (non-hydrogen) atoms. The van der Waals surface area contributed by atoms with Crippen molar-refractivity contribution in [3.8, 4) is 0 Å². The molecule has 1 aromatic rings. The second-order valence-electron chi connectivity index (χ2n) is 5.99. The van der Waals surface area contributed by atoms with Gasteiger partial charge in [0.15, 0.2) is 0 Å². The van der Waals surface area contributed by atoms with Gasteiger partial charge >= 0.3 is 6.18 Å². The minimum atomic E-state index is -4.35. The molecule has 3 rings (SSSR count). The lowest BCUT2D eigenvalue weighted by atomic mass is 10.0. The summed E-state index contributed by atoms with van der Waals surface area (Å²) < 4.78 is 43.5. The second-order valence-corrected chi connectivity index (χ2v) is 5.99. The van der Waals surface area contributed by atoms with Crippen molar-refractivity contribution >= 4 is 5.91 Å². The van der Waals surface area contributed by atoms with Crippen molar-refractivity contribution in [3.05, 3.63) is 35.4 Å². The fourth-order valence-corrected chi connectivity index (χ4v) is 2.96. The van der Waals surface area contributed by atoms with Crippen molar-refractivity contribution in [2.45, 2.75) is 37.4 Å². The number of halogens is 3. The van der Waals surface area contributed by atoms with Gasteiger partial charge in [0.25, 0.3) is 0 Å². The predicted molar refractivity (Wildman–Crippen MR) is 74.3 cm³/mol. The molecule has 120 valence electrons. The fraction of sp³-hybridized carbons (Fsp3) is 0.562. The maximum atomic E-state index is 12.7. The Morgan fingerprint density at radius 3 is 2.82 bits per heavy atom. The molecule has 2 aliphatic rings. The van der Waals surface area contributed by atoms with Crippen LogP contribution in [0.15, 0.2) is 24.3 Å². The number of carbonyl (C=O) groups excluding carboxylic acids is 1. The lowest BCUT2D eigenvalue weighted by Gasteiger charge is -2.23. The number of hydrogen-bond donors (Lipinski definition) is 1. The molecule has 1 N–H and O–H groups in total. The van der Waals surface area contributed by atoms with Gasteiger partial charge in [0.2, 0.25) is 5.91 Å². The Hall–Kier alpha value is -1.56. The van der Waals surface area contributed by atoms with Crippen LogP contribution in [0.2, 0.25) is 0 Å². The molecule has 0 spiro atoms. The highest BCUT2D eigenvalue weighted by molar-refractivity contribution is 5.83. The average molecular weight is 313 g/mol. The number of benzene rings is 1. The van der Waals surface area contributed by atoms with E-state index in [4.69, 9.17) is 4.74 Å². The molecular formula is C16H18F3NO2. The number of ether oxygens (including phenoxy) is 1. The zero-order chi connectivity index (χ0) is 15.7. The van der Waals surface area contributed by atoms with Gasteiger partial charge in [0.1, 0.15) is 0 Å². The van der Waals surface area contributed by atoms with Crippen LogP contribution >= 0.6 is 0 Å². The molecule has 6 heteroatoms. The highest BCUT2D eigenvalue weighted by Gasteiger charge is 2.45. The van der Waals surface area contributed by atoms with Gasteiger partial charge in [-0.2, -0.15) is 13.2 Å². The topological polar surface area (TPSA) is 38.3 Å². The van der Waals surface area contributed by atoms with E-state index in [1.807, 2.05) is 0 Å². The summed E-state index contributed by atoms with van der Waals surface area (Å²) in [6, 6.07) is 5.31. The molecule has 0 radical (unpaired) electrons. The summed E-state index contributed by atoms with van der Waals surface area (Å²) >= 11 is 0. The van der Waals surface area contributed by atoms with Gasteiger partial charge < -0.3 is 10.1 Å². The standard InChI is InChI=1S/C16H18F3NO2/c17-16(18,19)11-4-1-3-10(7-11)13-8-14(13)15(21)20-12-5-2-6-22-9-12/h1,3-4,7,12-14H,2,5-6,8-9H2,(H,20,21)/t12-,13-,14-/m1/s1. The highest BCUT2D eigenvalue weighted by Crippen LogP contribution is 2.48. The number of hydrogen-bond acceptors (Lipinski definition) is 2. The van der Waals surface area contributed by atoms with E-state index in [0.29, 0.717) is 18.6 Å². The summed E-state index contributed by atoms with van der Waals surface area (Å²) in [4.78, 5) is 12.2. The van der Waals surface area contributed by atoms with Gasteiger partial charge in [0, 0.05) is 12.5 Å². The lowest BCUT2D eigenvalue weighted by molar-refractivity contribution is -0.137. The summed E-state index contributed by atoms with van der Waals surface area (Å²) in [7, 11) is 0. The van der Waals surface area contributed by atoms with Gasteiger partial charge in [-0.25, -0.2) is 0 Å². The highest BCUT2D eigenvalue weighted by atomic mass is 19.4. The van der Waals surface area contributed by atoms with Crippen LogP contribution in [-0.4, -0.2) is 25.2 Å². The van der Waals surface area contributed by atoms with Crippen LogP contribution in [0, 0.1) is 5.92 Å². The monoisotopic (exact) mass is 313 g/mol. The van der Waals surface area contributed by atoms with Gasteiger partial charge in [-0.15, -0.1) is 0 Å². The third-order valence-electron chi connectivity index (χ3n) is 4.28. The van der Waals surface area contributed by atoms with Crippen molar-refractivity contribution in [3.63, 3.8) is 0 Å².